The molecular weight excluding hydrogens is 282 g/mol. The van der Waals surface area contributed by atoms with Crippen LogP contribution in [-0.2, 0) is 19.5 Å². The van der Waals surface area contributed by atoms with E-state index in [9.17, 15) is 0 Å². The summed E-state index contributed by atoms with van der Waals surface area (Å²) < 4.78 is 0. The molecular formula is C20H25N3. The van der Waals surface area contributed by atoms with Crippen LogP contribution in [0.3, 0.4) is 0 Å². The van der Waals surface area contributed by atoms with E-state index in [1.165, 1.54) is 50.2 Å². The molecule has 2 aliphatic heterocycles. The van der Waals surface area contributed by atoms with Crippen molar-refractivity contribution in [3.8, 4) is 0 Å². The Balaban J connectivity index is 1.40. The van der Waals surface area contributed by atoms with Crippen LogP contribution in [0.1, 0.15) is 29.7 Å². The highest BCUT2D eigenvalue weighted by atomic mass is 15.2. The zero-order valence-electron chi connectivity index (χ0n) is 13.7. The van der Waals surface area contributed by atoms with Gasteiger partial charge in [-0.25, -0.2) is 0 Å². The van der Waals surface area contributed by atoms with Crippen molar-refractivity contribution in [3.63, 3.8) is 0 Å². The van der Waals surface area contributed by atoms with E-state index in [0.717, 1.165) is 13.1 Å². The molecule has 1 unspecified atom stereocenters. The van der Waals surface area contributed by atoms with Crippen LogP contribution in [0.25, 0.3) is 0 Å². The van der Waals surface area contributed by atoms with Gasteiger partial charge in [-0.2, -0.15) is 0 Å². The highest BCUT2D eigenvalue weighted by molar-refractivity contribution is 5.29. The molecule has 1 fully saturated rings. The Morgan fingerprint density at radius 2 is 1.87 bits per heavy atom. The van der Waals surface area contributed by atoms with Crippen molar-refractivity contribution in [3.05, 3.63) is 65.5 Å². The number of rotatable bonds is 3. The number of nitrogens with zero attached hydrogens (tertiary/aromatic N) is 3. The van der Waals surface area contributed by atoms with E-state index < -0.39 is 0 Å². The molecule has 0 N–H and O–H groups in total. The average Bonchev–Trinajstić information content (AvgIpc) is 2.62. The molecule has 1 aromatic carbocycles. The molecule has 3 heterocycles. The second-order valence-corrected chi connectivity index (χ2v) is 6.84. The maximum absolute atomic E-state index is 4.48. The minimum atomic E-state index is 0.695. The summed E-state index contributed by atoms with van der Waals surface area (Å²) in [7, 11) is 0. The van der Waals surface area contributed by atoms with Gasteiger partial charge in [-0.05, 0) is 49.1 Å². The fourth-order valence-corrected chi connectivity index (χ4v) is 4.02. The number of fused-ring (bicyclic) bond motifs is 1. The van der Waals surface area contributed by atoms with Gasteiger partial charge in [0.1, 0.15) is 0 Å². The minimum absolute atomic E-state index is 0.695. The van der Waals surface area contributed by atoms with Gasteiger partial charge >= 0.3 is 0 Å². The minimum Gasteiger partial charge on any atom is -0.296 e. The second kappa shape index (κ2) is 6.81. The van der Waals surface area contributed by atoms with E-state index in [1.807, 2.05) is 12.3 Å². The van der Waals surface area contributed by atoms with Crippen molar-refractivity contribution in [2.75, 3.05) is 19.6 Å². The third-order valence-corrected chi connectivity index (χ3v) is 5.27. The Kier molecular flexibility index (Phi) is 4.40. The fourth-order valence-electron chi connectivity index (χ4n) is 4.02. The Morgan fingerprint density at radius 3 is 2.74 bits per heavy atom. The lowest BCUT2D eigenvalue weighted by Crippen LogP contribution is -2.49. The van der Waals surface area contributed by atoms with Crippen LogP contribution in [0.5, 0.6) is 0 Å². The molecule has 1 saturated heterocycles. The van der Waals surface area contributed by atoms with E-state index in [0.29, 0.717) is 6.04 Å². The molecule has 3 heteroatoms. The predicted molar refractivity (Wildman–Crippen MR) is 93.1 cm³/mol. The Labute approximate surface area is 139 Å². The first-order valence-electron chi connectivity index (χ1n) is 8.81. The third-order valence-electron chi connectivity index (χ3n) is 5.27. The van der Waals surface area contributed by atoms with Gasteiger partial charge in [-0.3, -0.25) is 14.8 Å². The van der Waals surface area contributed by atoms with Gasteiger partial charge in [0.05, 0.1) is 5.69 Å². The average molecular weight is 307 g/mol. The first kappa shape index (κ1) is 14.9. The molecule has 2 aliphatic rings. The smallest absolute Gasteiger partial charge is 0.0543 e. The molecule has 0 radical (unpaired) electrons. The van der Waals surface area contributed by atoms with E-state index in [-0.39, 0.29) is 0 Å². The number of hydrogen-bond acceptors (Lipinski definition) is 3. The highest BCUT2D eigenvalue weighted by Gasteiger charge is 2.27. The summed E-state index contributed by atoms with van der Waals surface area (Å²) >= 11 is 0. The molecule has 2 aromatic rings. The maximum atomic E-state index is 4.48. The van der Waals surface area contributed by atoms with Crippen LogP contribution in [0, 0.1) is 0 Å². The van der Waals surface area contributed by atoms with Crippen molar-refractivity contribution in [2.45, 2.75) is 38.4 Å². The molecule has 1 aromatic heterocycles. The van der Waals surface area contributed by atoms with E-state index >= 15 is 0 Å². The molecule has 23 heavy (non-hydrogen) atoms. The predicted octanol–water partition coefficient (Wildman–Crippen LogP) is 3.10. The lowest BCUT2D eigenvalue weighted by Gasteiger charge is -2.41. The quantitative estimate of drug-likeness (QED) is 0.868. The molecule has 0 bridgehead atoms. The highest BCUT2D eigenvalue weighted by Crippen LogP contribution is 2.24. The molecule has 0 saturated carbocycles. The number of pyridine rings is 1. The van der Waals surface area contributed by atoms with E-state index in [1.54, 1.807) is 5.56 Å². The Hall–Kier alpha value is -1.71. The zero-order chi connectivity index (χ0) is 15.5. The topological polar surface area (TPSA) is 19.4 Å². The second-order valence-electron chi connectivity index (χ2n) is 6.84. The van der Waals surface area contributed by atoms with Crippen LogP contribution in [0.4, 0.5) is 0 Å². The molecule has 4 rings (SSSR count). The summed E-state index contributed by atoms with van der Waals surface area (Å²) in [6.45, 7) is 5.70. The molecule has 3 nitrogen and oxygen atoms in total. The Morgan fingerprint density at radius 1 is 1.00 bits per heavy atom. The van der Waals surface area contributed by atoms with Crippen LogP contribution in [0.2, 0.25) is 0 Å². The first-order chi connectivity index (χ1) is 11.4. The van der Waals surface area contributed by atoms with Crippen molar-refractivity contribution < 1.29 is 0 Å². The van der Waals surface area contributed by atoms with Crippen LogP contribution in [0.15, 0.2) is 48.7 Å². The molecule has 0 amide bonds. The summed E-state index contributed by atoms with van der Waals surface area (Å²) in [5.41, 5.74) is 4.27. The Bertz CT molecular complexity index is 640. The standard InChI is InChI=1S/C20H25N3/c1-2-7-18-14-23(13-10-17(18)6-1)20-9-5-12-22(16-20)15-19-8-3-4-11-21-19/h1-4,6-8,11,20H,5,9-10,12-16H2. The summed E-state index contributed by atoms with van der Waals surface area (Å²) in [5, 5.41) is 0. The van der Waals surface area contributed by atoms with Crippen LogP contribution in [-0.4, -0.2) is 40.5 Å². The summed E-state index contributed by atoms with van der Waals surface area (Å²) in [6, 6.07) is 15.9. The van der Waals surface area contributed by atoms with Crippen molar-refractivity contribution >= 4 is 0 Å². The SMILES string of the molecule is c1ccc(CN2CCCC(N3CCc4ccccc4C3)C2)nc1. The molecule has 1 atom stereocenters. The van der Waals surface area contributed by atoms with Gasteiger partial charge in [-0.1, -0.05) is 30.3 Å². The maximum Gasteiger partial charge on any atom is 0.0543 e. The number of piperidine rings is 1. The number of likely N-dealkylation sites (tertiary alicyclic amines) is 1. The summed E-state index contributed by atoms with van der Waals surface area (Å²) in [6.07, 6.45) is 5.74. The number of aromatic nitrogens is 1. The van der Waals surface area contributed by atoms with Crippen molar-refractivity contribution in [1.29, 1.82) is 0 Å². The lowest BCUT2D eigenvalue weighted by molar-refractivity contribution is 0.0832. The van der Waals surface area contributed by atoms with Crippen LogP contribution >= 0.6 is 0 Å². The monoisotopic (exact) mass is 307 g/mol. The number of hydrogen-bond donors (Lipinski definition) is 0. The van der Waals surface area contributed by atoms with Crippen LogP contribution < -0.4 is 0 Å². The summed E-state index contributed by atoms with van der Waals surface area (Å²) in [5.74, 6) is 0. The molecule has 0 spiro atoms. The van der Waals surface area contributed by atoms with Gasteiger partial charge < -0.3 is 0 Å². The zero-order valence-corrected chi connectivity index (χ0v) is 13.7. The third kappa shape index (κ3) is 3.46. The van der Waals surface area contributed by atoms with Gasteiger partial charge in [0.15, 0.2) is 0 Å². The molecule has 0 aliphatic carbocycles. The van der Waals surface area contributed by atoms with Crippen molar-refractivity contribution in [1.82, 2.24) is 14.8 Å². The fraction of sp³-hybridized carbons (Fsp3) is 0.450. The largest absolute Gasteiger partial charge is 0.296 e. The normalized spacial score (nSPS) is 22.7. The lowest BCUT2D eigenvalue weighted by atomic mass is 9.96. The van der Waals surface area contributed by atoms with Gasteiger partial charge in [0.25, 0.3) is 0 Å². The van der Waals surface area contributed by atoms with E-state index in [4.69, 9.17) is 0 Å². The van der Waals surface area contributed by atoms with Gasteiger partial charge in [-0.15, -0.1) is 0 Å². The molecule has 120 valence electrons. The number of benzene rings is 1. The van der Waals surface area contributed by atoms with Crippen molar-refractivity contribution in [2.24, 2.45) is 0 Å². The van der Waals surface area contributed by atoms with E-state index in [2.05, 4.69) is 51.2 Å². The van der Waals surface area contributed by atoms with Gasteiger partial charge in [0.2, 0.25) is 0 Å². The van der Waals surface area contributed by atoms with Gasteiger partial charge in [0, 0.05) is 38.4 Å². The first-order valence-corrected chi connectivity index (χ1v) is 8.81. The summed E-state index contributed by atoms with van der Waals surface area (Å²) in [4.78, 5) is 9.77.